The first kappa shape index (κ1) is 19.3. The van der Waals surface area contributed by atoms with Gasteiger partial charge in [-0.15, -0.1) is 0 Å². The standard InChI is InChI=1S/C16H23N5O3S/c17-13(14(18)23)16(25)19-15(24)11-1-3-12(4-2-11)21-7-5-20(6-8-21)9-10-22/h1-4,13,22H,5-10,17H2,(H2,18,23)(H,19,24,25). The first-order valence-electron chi connectivity index (χ1n) is 8.00. The number of anilines is 1. The maximum atomic E-state index is 12.1. The van der Waals surface area contributed by atoms with Crippen LogP contribution in [0.4, 0.5) is 5.69 Å². The number of thiocarbonyl (C=S) groups is 1. The summed E-state index contributed by atoms with van der Waals surface area (Å²) >= 11 is 4.90. The Morgan fingerprint density at radius 2 is 1.80 bits per heavy atom. The largest absolute Gasteiger partial charge is 0.395 e. The van der Waals surface area contributed by atoms with Crippen LogP contribution < -0.4 is 21.7 Å². The number of rotatable bonds is 6. The van der Waals surface area contributed by atoms with E-state index in [0.717, 1.165) is 31.9 Å². The van der Waals surface area contributed by atoms with E-state index in [0.29, 0.717) is 12.1 Å². The number of aliphatic hydroxyl groups excluding tert-OH is 1. The zero-order chi connectivity index (χ0) is 18.4. The Morgan fingerprint density at radius 1 is 1.20 bits per heavy atom. The molecule has 1 heterocycles. The summed E-state index contributed by atoms with van der Waals surface area (Å²) in [5, 5.41) is 11.4. The molecule has 136 valence electrons. The zero-order valence-electron chi connectivity index (χ0n) is 13.9. The summed E-state index contributed by atoms with van der Waals surface area (Å²) in [5.74, 6) is -1.22. The van der Waals surface area contributed by atoms with Crippen molar-refractivity contribution >= 4 is 34.7 Å². The van der Waals surface area contributed by atoms with E-state index in [2.05, 4.69) is 15.1 Å². The average Bonchev–Trinajstić information content (AvgIpc) is 2.62. The maximum absolute atomic E-state index is 12.1. The van der Waals surface area contributed by atoms with E-state index in [9.17, 15) is 9.59 Å². The number of aliphatic hydroxyl groups is 1. The van der Waals surface area contributed by atoms with Crippen molar-refractivity contribution in [3.05, 3.63) is 29.8 Å². The molecule has 1 aliphatic rings. The highest BCUT2D eigenvalue weighted by Crippen LogP contribution is 2.17. The van der Waals surface area contributed by atoms with Crippen molar-refractivity contribution in [3.63, 3.8) is 0 Å². The molecule has 2 rings (SSSR count). The number of benzene rings is 1. The SMILES string of the molecule is NC(=O)C(N)C(=S)NC(=O)c1ccc(N2CCN(CCO)CC2)cc1. The van der Waals surface area contributed by atoms with Gasteiger partial charge in [-0.05, 0) is 24.3 Å². The quantitative estimate of drug-likeness (QED) is 0.460. The summed E-state index contributed by atoms with van der Waals surface area (Å²) < 4.78 is 0. The molecule has 1 fully saturated rings. The molecule has 1 unspecified atom stereocenters. The smallest absolute Gasteiger partial charge is 0.256 e. The summed E-state index contributed by atoms with van der Waals surface area (Å²) in [6, 6.07) is 5.95. The Morgan fingerprint density at radius 3 is 2.32 bits per heavy atom. The lowest BCUT2D eigenvalue weighted by Gasteiger charge is -2.35. The predicted molar refractivity (Wildman–Crippen MR) is 99.4 cm³/mol. The van der Waals surface area contributed by atoms with E-state index in [1.165, 1.54) is 0 Å². The van der Waals surface area contributed by atoms with Crippen molar-refractivity contribution in [2.45, 2.75) is 6.04 Å². The van der Waals surface area contributed by atoms with Crippen LogP contribution in [-0.4, -0.2) is 72.2 Å². The van der Waals surface area contributed by atoms with Gasteiger partial charge in [-0.2, -0.15) is 0 Å². The maximum Gasteiger partial charge on any atom is 0.256 e. The Hall–Kier alpha value is -2.07. The number of hydrogen-bond acceptors (Lipinski definition) is 7. The lowest BCUT2D eigenvalue weighted by molar-refractivity contribution is -0.117. The summed E-state index contributed by atoms with van der Waals surface area (Å²) in [7, 11) is 0. The third-order valence-corrected chi connectivity index (χ3v) is 4.46. The fourth-order valence-corrected chi connectivity index (χ4v) is 2.79. The van der Waals surface area contributed by atoms with Gasteiger partial charge in [0, 0.05) is 44.0 Å². The molecule has 0 spiro atoms. The van der Waals surface area contributed by atoms with Gasteiger partial charge in [0.15, 0.2) is 0 Å². The van der Waals surface area contributed by atoms with Crippen molar-refractivity contribution in [3.8, 4) is 0 Å². The second-order valence-corrected chi connectivity index (χ2v) is 6.24. The third-order valence-electron chi connectivity index (χ3n) is 4.11. The number of nitrogens with zero attached hydrogens (tertiary/aromatic N) is 2. The Labute approximate surface area is 151 Å². The fourth-order valence-electron chi connectivity index (χ4n) is 2.59. The molecule has 1 aromatic carbocycles. The lowest BCUT2D eigenvalue weighted by Crippen LogP contribution is -2.49. The van der Waals surface area contributed by atoms with Gasteiger partial charge in [0.2, 0.25) is 5.91 Å². The van der Waals surface area contributed by atoms with Crippen molar-refractivity contribution in [1.29, 1.82) is 0 Å². The molecule has 1 aromatic rings. The highest BCUT2D eigenvalue weighted by molar-refractivity contribution is 7.80. The minimum Gasteiger partial charge on any atom is -0.395 e. The van der Waals surface area contributed by atoms with E-state index < -0.39 is 17.9 Å². The van der Waals surface area contributed by atoms with Gasteiger partial charge in [-0.3, -0.25) is 14.5 Å². The number of primary amides is 1. The molecule has 0 aliphatic carbocycles. The molecule has 6 N–H and O–H groups in total. The number of β-amino-alcohol motifs (C(OH)–C–C–N with tert-alkyl or cyclic N) is 1. The van der Waals surface area contributed by atoms with Crippen LogP contribution in [0.1, 0.15) is 10.4 Å². The van der Waals surface area contributed by atoms with Gasteiger partial charge in [-0.1, -0.05) is 12.2 Å². The second-order valence-electron chi connectivity index (χ2n) is 5.80. The summed E-state index contributed by atoms with van der Waals surface area (Å²) in [5.41, 5.74) is 12.0. The second kappa shape index (κ2) is 8.86. The molecule has 25 heavy (non-hydrogen) atoms. The Bertz CT molecular complexity index is 629. The molecular formula is C16H23N5O3S. The Balaban J connectivity index is 1.92. The normalized spacial score (nSPS) is 16.3. The molecule has 0 saturated carbocycles. The molecular weight excluding hydrogens is 342 g/mol. The van der Waals surface area contributed by atoms with Crippen LogP contribution in [0.15, 0.2) is 24.3 Å². The minimum atomic E-state index is -1.19. The van der Waals surface area contributed by atoms with Gasteiger partial charge >= 0.3 is 0 Å². The highest BCUT2D eigenvalue weighted by Gasteiger charge is 2.19. The molecule has 1 saturated heterocycles. The van der Waals surface area contributed by atoms with Crippen LogP contribution in [0.2, 0.25) is 0 Å². The summed E-state index contributed by atoms with van der Waals surface area (Å²) in [6.07, 6.45) is 0. The van der Waals surface area contributed by atoms with Gasteiger partial charge in [0.05, 0.1) is 6.61 Å². The molecule has 0 radical (unpaired) electrons. The molecule has 1 aliphatic heterocycles. The number of amides is 2. The monoisotopic (exact) mass is 365 g/mol. The van der Waals surface area contributed by atoms with Crippen LogP contribution in [0.5, 0.6) is 0 Å². The molecule has 1 atom stereocenters. The molecule has 9 heteroatoms. The van der Waals surface area contributed by atoms with Crippen LogP contribution in [0.3, 0.4) is 0 Å². The van der Waals surface area contributed by atoms with E-state index >= 15 is 0 Å². The van der Waals surface area contributed by atoms with Crippen molar-refractivity contribution in [2.75, 3.05) is 44.2 Å². The van der Waals surface area contributed by atoms with Crippen LogP contribution in [0, 0.1) is 0 Å². The molecule has 0 aromatic heterocycles. The zero-order valence-corrected chi connectivity index (χ0v) is 14.7. The van der Waals surface area contributed by atoms with Gasteiger partial charge < -0.3 is 26.8 Å². The van der Waals surface area contributed by atoms with Crippen LogP contribution in [0.25, 0.3) is 0 Å². The van der Waals surface area contributed by atoms with Gasteiger partial charge in [0.25, 0.3) is 5.91 Å². The number of hydrogen-bond donors (Lipinski definition) is 4. The number of nitrogens with two attached hydrogens (primary N) is 2. The number of carbonyl (C=O) groups is 2. The first-order chi connectivity index (χ1) is 11.9. The van der Waals surface area contributed by atoms with E-state index in [4.69, 9.17) is 28.8 Å². The van der Waals surface area contributed by atoms with Crippen molar-refractivity contribution in [1.82, 2.24) is 10.2 Å². The number of nitrogens with one attached hydrogen (secondary N) is 1. The van der Waals surface area contributed by atoms with Crippen molar-refractivity contribution < 1.29 is 14.7 Å². The summed E-state index contributed by atoms with van der Waals surface area (Å²) in [4.78, 5) is 27.5. The number of carbonyl (C=O) groups excluding carboxylic acids is 2. The first-order valence-corrected chi connectivity index (χ1v) is 8.41. The minimum absolute atomic E-state index is 0.0958. The van der Waals surface area contributed by atoms with Crippen LogP contribution >= 0.6 is 12.2 Å². The topological polar surface area (TPSA) is 125 Å². The van der Waals surface area contributed by atoms with E-state index in [1.807, 2.05) is 12.1 Å². The van der Waals surface area contributed by atoms with Crippen molar-refractivity contribution in [2.24, 2.45) is 11.5 Å². The molecule has 0 bridgehead atoms. The van der Waals surface area contributed by atoms with Crippen LogP contribution in [-0.2, 0) is 4.79 Å². The average molecular weight is 365 g/mol. The molecule has 8 nitrogen and oxygen atoms in total. The number of piperazine rings is 1. The lowest BCUT2D eigenvalue weighted by atomic mass is 10.1. The molecule has 2 amide bonds. The van der Waals surface area contributed by atoms with E-state index in [1.54, 1.807) is 12.1 Å². The van der Waals surface area contributed by atoms with Gasteiger partial charge in [0.1, 0.15) is 11.0 Å². The highest BCUT2D eigenvalue weighted by atomic mass is 32.1. The Kier molecular flexibility index (Phi) is 6.82. The van der Waals surface area contributed by atoms with E-state index in [-0.39, 0.29) is 11.6 Å². The summed E-state index contributed by atoms with van der Waals surface area (Å²) in [6.45, 7) is 4.38. The van der Waals surface area contributed by atoms with Gasteiger partial charge in [-0.25, -0.2) is 0 Å². The predicted octanol–water partition coefficient (Wildman–Crippen LogP) is -1.33. The third kappa shape index (κ3) is 5.20. The fraction of sp³-hybridized carbons (Fsp3) is 0.438.